The lowest BCUT2D eigenvalue weighted by atomic mass is 10.0. The van der Waals surface area contributed by atoms with Gasteiger partial charge in [0.05, 0.1) is 0 Å². The summed E-state index contributed by atoms with van der Waals surface area (Å²) >= 11 is 0. The SMILES string of the molecule is COCCCNC(=O)C(CC(C)C)N1Cc2ccccc2C1=O. The van der Waals surface area contributed by atoms with Gasteiger partial charge in [0.1, 0.15) is 6.04 Å². The second-order valence-electron chi connectivity index (χ2n) is 6.37. The van der Waals surface area contributed by atoms with Gasteiger partial charge in [-0.05, 0) is 30.4 Å². The Balaban J connectivity index is 2.07. The molecule has 1 aliphatic heterocycles. The van der Waals surface area contributed by atoms with E-state index in [1.54, 1.807) is 12.0 Å². The number of carbonyl (C=O) groups excluding carboxylic acids is 2. The molecule has 0 fully saturated rings. The Morgan fingerprint density at radius 2 is 2.09 bits per heavy atom. The minimum Gasteiger partial charge on any atom is -0.385 e. The molecular weight excluding hydrogens is 292 g/mol. The number of benzene rings is 1. The molecule has 0 spiro atoms. The molecule has 1 aromatic rings. The number of nitrogens with one attached hydrogen (secondary N) is 1. The molecule has 1 unspecified atom stereocenters. The van der Waals surface area contributed by atoms with Gasteiger partial charge in [-0.1, -0.05) is 32.0 Å². The van der Waals surface area contributed by atoms with Crippen LogP contribution in [0.1, 0.15) is 42.6 Å². The summed E-state index contributed by atoms with van der Waals surface area (Å²) in [5, 5.41) is 2.93. The Hall–Kier alpha value is -1.88. The second-order valence-corrected chi connectivity index (χ2v) is 6.37. The Labute approximate surface area is 138 Å². The third-order valence-corrected chi connectivity index (χ3v) is 4.05. The van der Waals surface area contributed by atoms with Gasteiger partial charge < -0.3 is 15.0 Å². The lowest BCUT2D eigenvalue weighted by molar-refractivity contribution is -0.126. The maximum atomic E-state index is 12.6. The van der Waals surface area contributed by atoms with E-state index in [-0.39, 0.29) is 11.8 Å². The number of hydrogen-bond donors (Lipinski definition) is 1. The number of fused-ring (bicyclic) bond motifs is 1. The first-order valence-electron chi connectivity index (χ1n) is 8.20. The van der Waals surface area contributed by atoms with Crippen molar-refractivity contribution in [3.8, 4) is 0 Å². The summed E-state index contributed by atoms with van der Waals surface area (Å²) < 4.78 is 4.99. The molecule has 0 aliphatic carbocycles. The van der Waals surface area contributed by atoms with Crippen molar-refractivity contribution in [3.05, 3.63) is 35.4 Å². The van der Waals surface area contributed by atoms with Gasteiger partial charge in [-0.2, -0.15) is 0 Å². The molecule has 1 aliphatic rings. The highest BCUT2D eigenvalue weighted by Crippen LogP contribution is 2.26. The summed E-state index contributed by atoms with van der Waals surface area (Å²) in [5.41, 5.74) is 1.71. The van der Waals surface area contributed by atoms with Gasteiger partial charge in [0.25, 0.3) is 5.91 Å². The number of methoxy groups -OCH3 is 1. The summed E-state index contributed by atoms with van der Waals surface area (Å²) in [6.07, 6.45) is 1.43. The quantitative estimate of drug-likeness (QED) is 0.748. The first-order chi connectivity index (χ1) is 11.0. The first-order valence-corrected chi connectivity index (χ1v) is 8.20. The molecule has 5 heteroatoms. The maximum absolute atomic E-state index is 12.6. The van der Waals surface area contributed by atoms with Crippen LogP contribution in [0.4, 0.5) is 0 Å². The molecule has 0 bridgehead atoms. The van der Waals surface area contributed by atoms with Crippen molar-refractivity contribution in [2.24, 2.45) is 5.92 Å². The largest absolute Gasteiger partial charge is 0.385 e. The highest BCUT2D eigenvalue weighted by Gasteiger charge is 2.36. The van der Waals surface area contributed by atoms with E-state index in [9.17, 15) is 9.59 Å². The monoisotopic (exact) mass is 318 g/mol. The lowest BCUT2D eigenvalue weighted by Crippen LogP contribution is -2.48. The third kappa shape index (κ3) is 4.32. The predicted octanol–water partition coefficient (Wildman–Crippen LogP) is 2.21. The van der Waals surface area contributed by atoms with Gasteiger partial charge in [0.2, 0.25) is 5.91 Å². The van der Waals surface area contributed by atoms with Crippen LogP contribution in [-0.2, 0) is 16.1 Å². The van der Waals surface area contributed by atoms with Crippen LogP contribution < -0.4 is 5.32 Å². The van der Waals surface area contributed by atoms with Crippen LogP contribution in [0.2, 0.25) is 0 Å². The van der Waals surface area contributed by atoms with Crippen LogP contribution in [0.15, 0.2) is 24.3 Å². The number of ether oxygens (including phenoxy) is 1. The van der Waals surface area contributed by atoms with Crippen molar-refractivity contribution in [1.82, 2.24) is 10.2 Å². The minimum absolute atomic E-state index is 0.0432. The van der Waals surface area contributed by atoms with E-state index in [1.165, 1.54) is 0 Å². The fourth-order valence-corrected chi connectivity index (χ4v) is 2.90. The van der Waals surface area contributed by atoms with E-state index in [0.717, 1.165) is 12.0 Å². The summed E-state index contributed by atoms with van der Waals surface area (Å²) in [6, 6.07) is 7.16. The molecule has 2 amide bonds. The van der Waals surface area contributed by atoms with Crippen LogP contribution in [0.3, 0.4) is 0 Å². The second kappa shape index (κ2) is 8.11. The van der Waals surface area contributed by atoms with E-state index in [4.69, 9.17) is 4.74 Å². The van der Waals surface area contributed by atoms with E-state index in [2.05, 4.69) is 19.2 Å². The predicted molar refractivity (Wildman–Crippen MR) is 89.1 cm³/mol. The zero-order valence-electron chi connectivity index (χ0n) is 14.2. The molecule has 0 saturated carbocycles. The van der Waals surface area contributed by atoms with E-state index in [0.29, 0.717) is 37.6 Å². The highest BCUT2D eigenvalue weighted by atomic mass is 16.5. The normalized spacial score (nSPS) is 15.0. The average Bonchev–Trinajstić information content (AvgIpc) is 2.86. The number of amides is 2. The zero-order chi connectivity index (χ0) is 16.8. The van der Waals surface area contributed by atoms with Gasteiger partial charge in [-0.15, -0.1) is 0 Å². The fourth-order valence-electron chi connectivity index (χ4n) is 2.90. The molecule has 5 nitrogen and oxygen atoms in total. The van der Waals surface area contributed by atoms with E-state index in [1.807, 2.05) is 24.3 Å². The Kier molecular flexibility index (Phi) is 6.16. The number of carbonyl (C=O) groups is 2. The molecule has 0 aromatic heterocycles. The molecule has 0 radical (unpaired) electrons. The molecule has 2 rings (SSSR count). The van der Waals surface area contributed by atoms with Crippen molar-refractivity contribution in [2.75, 3.05) is 20.3 Å². The third-order valence-electron chi connectivity index (χ3n) is 4.05. The minimum atomic E-state index is -0.419. The van der Waals surface area contributed by atoms with E-state index < -0.39 is 6.04 Å². The Morgan fingerprint density at radius 3 is 2.74 bits per heavy atom. The molecule has 0 saturated heterocycles. The lowest BCUT2D eigenvalue weighted by Gasteiger charge is -2.28. The maximum Gasteiger partial charge on any atom is 0.255 e. The molecule has 23 heavy (non-hydrogen) atoms. The Morgan fingerprint density at radius 1 is 1.35 bits per heavy atom. The van der Waals surface area contributed by atoms with Crippen LogP contribution >= 0.6 is 0 Å². The van der Waals surface area contributed by atoms with Gasteiger partial charge >= 0.3 is 0 Å². The van der Waals surface area contributed by atoms with Crippen molar-refractivity contribution >= 4 is 11.8 Å². The van der Waals surface area contributed by atoms with Crippen molar-refractivity contribution in [3.63, 3.8) is 0 Å². The molecule has 1 heterocycles. The summed E-state index contributed by atoms with van der Waals surface area (Å²) in [7, 11) is 1.64. The fraction of sp³-hybridized carbons (Fsp3) is 0.556. The van der Waals surface area contributed by atoms with Crippen LogP contribution in [0.25, 0.3) is 0 Å². The summed E-state index contributed by atoms with van der Waals surface area (Å²) in [5.74, 6) is 0.218. The molecular formula is C18H26N2O3. The molecule has 1 atom stereocenters. The summed E-state index contributed by atoms with van der Waals surface area (Å²) in [4.78, 5) is 26.9. The first kappa shape index (κ1) is 17.5. The molecule has 126 valence electrons. The van der Waals surface area contributed by atoms with Crippen LogP contribution in [0.5, 0.6) is 0 Å². The zero-order valence-corrected chi connectivity index (χ0v) is 14.2. The van der Waals surface area contributed by atoms with Gasteiger partial charge in [0, 0.05) is 32.4 Å². The summed E-state index contributed by atoms with van der Waals surface area (Å²) in [6.45, 7) is 5.83. The van der Waals surface area contributed by atoms with E-state index >= 15 is 0 Å². The standard InChI is InChI=1S/C18H26N2O3/c1-13(2)11-16(17(21)19-9-6-10-23-3)20-12-14-7-4-5-8-15(14)18(20)22/h4-5,7-8,13,16H,6,9-12H2,1-3H3,(H,19,21). The van der Waals surface area contributed by atoms with Crippen LogP contribution in [-0.4, -0.2) is 43.0 Å². The van der Waals surface area contributed by atoms with Crippen molar-refractivity contribution < 1.29 is 14.3 Å². The number of nitrogens with zero attached hydrogens (tertiary/aromatic N) is 1. The number of hydrogen-bond acceptors (Lipinski definition) is 3. The van der Waals surface area contributed by atoms with Gasteiger partial charge in [-0.25, -0.2) is 0 Å². The van der Waals surface area contributed by atoms with Crippen LogP contribution in [0, 0.1) is 5.92 Å². The Bertz CT molecular complexity index is 557. The number of rotatable bonds is 8. The molecule has 1 N–H and O–H groups in total. The van der Waals surface area contributed by atoms with Gasteiger partial charge in [0.15, 0.2) is 0 Å². The van der Waals surface area contributed by atoms with Crippen molar-refractivity contribution in [2.45, 2.75) is 39.3 Å². The molecule has 1 aromatic carbocycles. The topological polar surface area (TPSA) is 58.6 Å². The van der Waals surface area contributed by atoms with Gasteiger partial charge in [-0.3, -0.25) is 9.59 Å². The smallest absolute Gasteiger partial charge is 0.255 e. The highest BCUT2D eigenvalue weighted by molar-refractivity contribution is 6.01. The van der Waals surface area contributed by atoms with Crippen molar-refractivity contribution in [1.29, 1.82) is 0 Å². The average molecular weight is 318 g/mol.